The average Bonchev–Trinajstić information content (AvgIpc) is 3.07. The van der Waals surface area contributed by atoms with E-state index in [4.69, 9.17) is 28.2 Å². The second kappa shape index (κ2) is 8.96. The zero-order valence-corrected chi connectivity index (χ0v) is 19.1. The molecule has 30 heavy (non-hydrogen) atoms. The van der Waals surface area contributed by atoms with Gasteiger partial charge in [-0.25, -0.2) is 4.98 Å². The minimum Gasteiger partial charge on any atom is -0.362 e. The van der Waals surface area contributed by atoms with Crippen molar-refractivity contribution < 1.29 is 4.79 Å². The number of carbonyl (C=O) groups is 1. The SMILES string of the molecule is CN(C)c1nc(NC2CCC(NC(=O)c3cc(Cl)sc3Cl)CC2)nc2ccccc12. The Hall–Kier alpha value is -2.09. The Kier molecular flexibility index (Phi) is 6.32. The highest BCUT2D eigenvalue weighted by Crippen LogP contribution is 2.32. The molecule has 0 atom stereocenters. The van der Waals surface area contributed by atoms with E-state index in [1.807, 2.05) is 43.3 Å². The van der Waals surface area contributed by atoms with Crippen LogP contribution in [-0.2, 0) is 0 Å². The maximum absolute atomic E-state index is 12.5. The van der Waals surface area contributed by atoms with Crippen molar-refractivity contribution in [1.82, 2.24) is 15.3 Å². The van der Waals surface area contributed by atoms with E-state index in [2.05, 4.69) is 15.6 Å². The number of hydrogen-bond donors (Lipinski definition) is 2. The van der Waals surface area contributed by atoms with Crippen molar-refractivity contribution in [2.45, 2.75) is 37.8 Å². The molecule has 3 aromatic rings. The summed E-state index contributed by atoms with van der Waals surface area (Å²) < 4.78 is 0.948. The van der Waals surface area contributed by atoms with Crippen LogP contribution >= 0.6 is 34.5 Å². The molecule has 1 fully saturated rings. The Morgan fingerprint density at radius 2 is 1.80 bits per heavy atom. The first kappa shape index (κ1) is 21.2. The van der Waals surface area contributed by atoms with Crippen LogP contribution in [0.1, 0.15) is 36.0 Å². The molecule has 0 radical (unpaired) electrons. The van der Waals surface area contributed by atoms with Crippen LogP contribution < -0.4 is 15.5 Å². The molecule has 1 aliphatic carbocycles. The molecule has 1 amide bonds. The standard InChI is InChI=1S/C21H23Cl2N5OS/c1-28(2)19-14-5-3-4-6-16(14)26-21(27-19)25-13-9-7-12(8-10-13)24-20(29)15-11-17(22)30-18(15)23/h3-6,11-13H,7-10H2,1-2H3,(H,24,29)(H,25,26,27). The van der Waals surface area contributed by atoms with E-state index in [-0.39, 0.29) is 18.0 Å². The number of anilines is 2. The van der Waals surface area contributed by atoms with Crippen molar-refractivity contribution in [2.24, 2.45) is 0 Å². The molecule has 158 valence electrons. The lowest BCUT2D eigenvalue weighted by atomic mass is 9.91. The van der Waals surface area contributed by atoms with Gasteiger partial charge in [0.1, 0.15) is 10.2 Å². The van der Waals surface area contributed by atoms with Gasteiger partial charge in [-0.1, -0.05) is 35.3 Å². The van der Waals surface area contributed by atoms with Crippen molar-refractivity contribution in [3.8, 4) is 0 Å². The van der Waals surface area contributed by atoms with E-state index in [9.17, 15) is 4.79 Å². The molecule has 1 aliphatic rings. The van der Waals surface area contributed by atoms with Gasteiger partial charge in [-0.3, -0.25) is 4.79 Å². The predicted molar refractivity (Wildman–Crippen MR) is 125 cm³/mol. The van der Waals surface area contributed by atoms with Gasteiger partial charge in [0.2, 0.25) is 5.95 Å². The molecular weight excluding hydrogens is 441 g/mol. The van der Waals surface area contributed by atoms with Gasteiger partial charge in [0.25, 0.3) is 5.91 Å². The van der Waals surface area contributed by atoms with E-state index in [0.717, 1.165) is 42.4 Å². The van der Waals surface area contributed by atoms with E-state index < -0.39 is 0 Å². The number of hydrogen-bond acceptors (Lipinski definition) is 6. The Balaban J connectivity index is 1.38. The molecule has 1 aromatic carbocycles. The number of thiophene rings is 1. The number of para-hydroxylation sites is 1. The Morgan fingerprint density at radius 1 is 1.10 bits per heavy atom. The van der Waals surface area contributed by atoms with Crippen LogP contribution in [-0.4, -0.2) is 42.1 Å². The minimum atomic E-state index is -0.159. The summed E-state index contributed by atoms with van der Waals surface area (Å²) in [7, 11) is 3.97. The lowest BCUT2D eigenvalue weighted by molar-refractivity contribution is 0.0927. The first-order valence-corrected chi connectivity index (χ1v) is 11.4. The number of aromatic nitrogens is 2. The van der Waals surface area contributed by atoms with Crippen molar-refractivity contribution in [3.05, 3.63) is 44.6 Å². The van der Waals surface area contributed by atoms with Gasteiger partial charge in [-0.15, -0.1) is 11.3 Å². The Morgan fingerprint density at radius 3 is 2.47 bits per heavy atom. The molecule has 0 unspecified atom stereocenters. The third-order valence-corrected chi connectivity index (χ3v) is 6.79. The zero-order valence-electron chi connectivity index (χ0n) is 16.8. The highest BCUT2D eigenvalue weighted by molar-refractivity contribution is 7.20. The fraction of sp³-hybridized carbons (Fsp3) is 0.381. The molecule has 6 nitrogen and oxygen atoms in total. The number of carbonyl (C=O) groups excluding carboxylic acids is 1. The van der Waals surface area contributed by atoms with Crippen molar-refractivity contribution in [3.63, 3.8) is 0 Å². The highest BCUT2D eigenvalue weighted by atomic mass is 35.5. The fourth-order valence-corrected chi connectivity index (χ4v) is 5.25. The quantitative estimate of drug-likeness (QED) is 0.542. The fourth-order valence-electron chi connectivity index (χ4n) is 3.79. The molecule has 2 heterocycles. The second-order valence-electron chi connectivity index (χ2n) is 7.69. The average molecular weight is 464 g/mol. The summed E-state index contributed by atoms with van der Waals surface area (Å²) in [5, 5.41) is 7.60. The molecule has 0 spiro atoms. The molecule has 1 saturated carbocycles. The molecule has 4 rings (SSSR count). The summed E-state index contributed by atoms with van der Waals surface area (Å²) in [5.74, 6) is 1.38. The molecule has 0 saturated heterocycles. The largest absolute Gasteiger partial charge is 0.362 e. The normalized spacial score (nSPS) is 18.9. The molecule has 2 N–H and O–H groups in total. The summed E-state index contributed by atoms with van der Waals surface area (Å²) in [4.78, 5) is 23.9. The van der Waals surface area contributed by atoms with Crippen LogP contribution in [0, 0.1) is 0 Å². The van der Waals surface area contributed by atoms with Crippen LogP contribution in [0.3, 0.4) is 0 Å². The van der Waals surface area contributed by atoms with Crippen molar-refractivity contribution >= 4 is 63.1 Å². The van der Waals surface area contributed by atoms with E-state index in [0.29, 0.717) is 20.2 Å². The predicted octanol–water partition coefficient (Wildman–Crippen LogP) is 5.22. The van der Waals surface area contributed by atoms with Crippen molar-refractivity contribution in [2.75, 3.05) is 24.3 Å². The summed E-state index contributed by atoms with van der Waals surface area (Å²) in [6, 6.07) is 10.0. The number of nitrogens with zero attached hydrogens (tertiary/aromatic N) is 3. The van der Waals surface area contributed by atoms with Crippen LogP contribution in [0.5, 0.6) is 0 Å². The summed E-state index contributed by atoms with van der Waals surface area (Å²) in [5.41, 5.74) is 1.37. The number of benzene rings is 1. The molecular formula is C21H23Cl2N5OS. The smallest absolute Gasteiger partial charge is 0.253 e. The third-order valence-electron chi connectivity index (χ3n) is 5.30. The molecule has 9 heteroatoms. The van der Waals surface area contributed by atoms with Crippen molar-refractivity contribution in [1.29, 1.82) is 0 Å². The van der Waals surface area contributed by atoms with Gasteiger partial charge in [0.15, 0.2) is 0 Å². The van der Waals surface area contributed by atoms with E-state index in [1.54, 1.807) is 6.07 Å². The number of fused-ring (bicyclic) bond motifs is 1. The number of rotatable bonds is 5. The molecule has 0 bridgehead atoms. The minimum absolute atomic E-state index is 0.125. The summed E-state index contributed by atoms with van der Waals surface area (Å²) >= 11 is 13.2. The van der Waals surface area contributed by atoms with Crippen LogP contribution in [0.15, 0.2) is 30.3 Å². The van der Waals surface area contributed by atoms with E-state index in [1.165, 1.54) is 11.3 Å². The lowest BCUT2D eigenvalue weighted by Gasteiger charge is -2.30. The molecule has 0 aliphatic heterocycles. The van der Waals surface area contributed by atoms with Gasteiger partial charge in [0, 0.05) is 31.6 Å². The third kappa shape index (κ3) is 4.63. The number of amides is 1. The van der Waals surface area contributed by atoms with Crippen LogP contribution in [0.4, 0.5) is 11.8 Å². The summed E-state index contributed by atoms with van der Waals surface area (Å²) in [6.07, 6.45) is 3.62. The maximum atomic E-state index is 12.5. The van der Waals surface area contributed by atoms with Gasteiger partial charge >= 0.3 is 0 Å². The van der Waals surface area contributed by atoms with Gasteiger partial charge in [-0.05, 0) is 43.9 Å². The first-order chi connectivity index (χ1) is 14.4. The number of nitrogens with one attached hydrogen (secondary N) is 2. The topological polar surface area (TPSA) is 70.2 Å². The summed E-state index contributed by atoms with van der Waals surface area (Å²) in [6.45, 7) is 0. The molecule has 2 aromatic heterocycles. The zero-order chi connectivity index (χ0) is 21.3. The van der Waals surface area contributed by atoms with Gasteiger partial charge < -0.3 is 15.5 Å². The number of halogens is 2. The Bertz CT molecular complexity index is 1060. The van der Waals surface area contributed by atoms with Crippen LogP contribution in [0.2, 0.25) is 8.67 Å². The maximum Gasteiger partial charge on any atom is 0.253 e. The second-order valence-corrected chi connectivity index (χ2v) is 9.97. The first-order valence-electron chi connectivity index (χ1n) is 9.87. The van der Waals surface area contributed by atoms with Gasteiger partial charge in [0.05, 0.1) is 15.4 Å². The Labute approximate surface area is 189 Å². The monoisotopic (exact) mass is 463 g/mol. The van der Waals surface area contributed by atoms with Crippen LogP contribution in [0.25, 0.3) is 10.9 Å². The highest BCUT2D eigenvalue weighted by Gasteiger charge is 2.25. The van der Waals surface area contributed by atoms with Gasteiger partial charge in [-0.2, -0.15) is 4.98 Å². The van der Waals surface area contributed by atoms with E-state index >= 15 is 0 Å². The lowest BCUT2D eigenvalue weighted by Crippen LogP contribution is -2.40.